The topological polar surface area (TPSA) is 35.2 Å². The molecule has 5 heteroatoms. The van der Waals surface area contributed by atoms with Crippen LogP contribution >= 0.6 is 0 Å². The first kappa shape index (κ1) is 11.8. The number of benzene rings is 1. The van der Waals surface area contributed by atoms with Crippen LogP contribution in [0, 0.1) is 17.5 Å². The summed E-state index contributed by atoms with van der Waals surface area (Å²) in [6.07, 6.45) is 0. The van der Waals surface area contributed by atoms with Crippen molar-refractivity contribution in [3.8, 4) is 5.75 Å². The SMILES string of the molecule is COc1c(F)c(F)cc(C(C)(C)N)c1F. The van der Waals surface area contributed by atoms with E-state index in [4.69, 9.17) is 5.73 Å². The van der Waals surface area contributed by atoms with E-state index < -0.39 is 28.7 Å². The minimum Gasteiger partial charge on any atom is -0.491 e. The predicted molar refractivity (Wildman–Crippen MR) is 50.1 cm³/mol. The van der Waals surface area contributed by atoms with Gasteiger partial charge in [-0.05, 0) is 19.9 Å². The molecule has 0 amide bonds. The average Bonchev–Trinajstić information content (AvgIpc) is 2.10. The molecule has 0 aliphatic heterocycles. The van der Waals surface area contributed by atoms with Gasteiger partial charge in [-0.2, -0.15) is 4.39 Å². The highest BCUT2D eigenvalue weighted by Crippen LogP contribution is 2.31. The van der Waals surface area contributed by atoms with Crippen LogP contribution in [0.2, 0.25) is 0 Å². The van der Waals surface area contributed by atoms with Crippen molar-refractivity contribution in [2.75, 3.05) is 7.11 Å². The van der Waals surface area contributed by atoms with Gasteiger partial charge in [0.15, 0.2) is 17.4 Å². The van der Waals surface area contributed by atoms with E-state index in [9.17, 15) is 13.2 Å². The summed E-state index contributed by atoms with van der Waals surface area (Å²) in [6.45, 7) is 2.98. The smallest absolute Gasteiger partial charge is 0.203 e. The third-order valence-electron chi connectivity index (χ3n) is 2.01. The third kappa shape index (κ3) is 2.07. The molecular weight excluding hydrogens is 207 g/mol. The fourth-order valence-corrected chi connectivity index (χ4v) is 1.23. The van der Waals surface area contributed by atoms with E-state index in [1.165, 1.54) is 13.8 Å². The second-order valence-corrected chi connectivity index (χ2v) is 3.79. The minimum absolute atomic E-state index is 0.127. The molecule has 0 unspecified atom stereocenters. The summed E-state index contributed by atoms with van der Waals surface area (Å²) in [5.74, 6) is -4.24. The number of ether oxygens (including phenoxy) is 1. The summed E-state index contributed by atoms with van der Waals surface area (Å²) >= 11 is 0. The number of hydrogen-bond donors (Lipinski definition) is 1. The van der Waals surface area contributed by atoms with E-state index in [-0.39, 0.29) is 5.56 Å². The maximum Gasteiger partial charge on any atom is 0.203 e. The fraction of sp³-hybridized carbons (Fsp3) is 0.400. The van der Waals surface area contributed by atoms with Crippen LogP contribution in [-0.2, 0) is 5.54 Å². The first-order valence-corrected chi connectivity index (χ1v) is 4.30. The van der Waals surface area contributed by atoms with Gasteiger partial charge in [-0.15, -0.1) is 0 Å². The van der Waals surface area contributed by atoms with Crippen LogP contribution in [0.25, 0.3) is 0 Å². The number of methoxy groups -OCH3 is 1. The zero-order chi connectivity index (χ0) is 11.8. The first-order valence-electron chi connectivity index (χ1n) is 4.30. The summed E-state index contributed by atoms with van der Waals surface area (Å²) in [7, 11) is 1.06. The van der Waals surface area contributed by atoms with Crippen molar-refractivity contribution in [1.29, 1.82) is 0 Å². The lowest BCUT2D eigenvalue weighted by Gasteiger charge is -2.21. The first-order chi connectivity index (χ1) is 6.79. The largest absolute Gasteiger partial charge is 0.491 e. The lowest BCUT2D eigenvalue weighted by Crippen LogP contribution is -2.30. The van der Waals surface area contributed by atoms with Gasteiger partial charge in [0, 0.05) is 11.1 Å². The van der Waals surface area contributed by atoms with Crippen LogP contribution < -0.4 is 10.5 Å². The molecule has 0 spiro atoms. The lowest BCUT2D eigenvalue weighted by atomic mass is 9.94. The molecule has 2 N–H and O–H groups in total. The van der Waals surface area contributed by atoms with Gasteiger partial charge in [-0.1, -0.05) is 0 Å². The molecule has 84 valence electrons. The number of rotatable bonds is 2. The predicted octanol–water partition coefficient (Wildman–Crippen LogP) is 2.31. The van der Waals surface area contributed by atoms with Gasteiger partial charge in [0.2, 0.25) is 5.82 Å². The second kappa shape index (κ2) is 3.73. The summed E-state index contributed by atoms with van der Waals surface area (Å²) in [5, 5.41) is 0. The molecule has 15 heavy (non-hydrogen) atoms. The normalized spacial score (nSPS) is 11.7. The Balaban J connectivity index is 3.51. The second-order valence-electron chi connectivity index (χ2n) is 3.79. The van der Waals surface area contributed by atoms with Crippen molar-refractivity contribution in [1.82, 2.24) is 0 Å². The molecule has 2 nitrogen and oxygen atoms in total. The van der Waals surface area contributed by atoms with Crippen molar-refractivity contribution in [3.05, 3.63) is 29.1 Å². The van der Waals surface area contributed by atoms with E-state index in [2.05, 4.69) is 4.74 Å². The number of nitrogens with two attached hydrogens (primary N) is 1. The molecular formula is C10H12F3NO. The van der Waals surface area contributed by atoms with E-state index in [1.807, 2.05) is 0 Å². The Labute approximate surface area is 85.8 Å². The molecule has 0 saturated carbocycles. The van der Waals surface area contributed by atoms with E-state index in [0.717, 1.165) is 13.2 Å². The highest BCUT2D eigenvalue weighted by atomic mass is 19.2. The molecule has 0 bridgehead atoms. The molecule has 0 saturated heterocycles. The van der Waals surface area contributed by atoms with E-state index in [1.54, 1.807) is 0 Å². The van der Waals surface area contributed by atoms with Crippen LogP contribution in [-0.4, -0.2) is 7.11 Å². The Bertz CT molecular complexity index is 385. The van der Waals surface area contributed by atoms with Gasteiger partial charge in [0.25, 0.3) is 0 Å². The molecule has 0 heterocycles. The third-order valence-corrected chi connectivity index (χ3v) is 2.01. The molecule has 0 radical (unpaired) electrons. The monoisotopic (exact) mass is 219 g/mol. The number of halogens is 3. The van der Waals surface area contributed by atoms with Crippen LogP contribution in [0.4, 0.5) is 13.2 Å². The van der Waals surface area contributed by atoms with Gasteiger partial charge in [-0.3, -0.25) is 0 Å². The summed E-state index contributed by atoms with van der Waals surface area (Å²) in [5.41, 5.74) is 4.38. The molecule has 1 rings (SSSR count). The zero-order valence-electron chi connectivity index (χ0n) is 8.70. The van der Waals surface area contributed by atoms with Crippen molar-refractivity contribution in [3.63, 3.8) is 0 Å². The Morgan fingerprint density at radius 3 is 2.13 bits per heavy atom. The van der Waals surface area contributed by atoms with Crippen LogP contribution in [0.5, 0.6) is 5.75 Å². The maximum atomic E-state index is 13.6. The highest BCUT2D eigenvalue weighted by molar-refractivity contribution is 5.37. The summed E-state index contributed by atoms with van der Waals surface area (Å²) in [6, 6.07) is 0.743. The molecule has 1 aromatic rings. The Morgan fingerprint density at radius 1 is 1.20 bits per heavy atom. The molecule has 0 aromatic heterocycles. The van der Waals surface area contributed by atoms with Crippen molar-refractivity contribution < 1.29 is 17.9 Å². The van der Waals surface area contributed by atoms with Crippen molar-refractivity contribution in [2.24, 2.45) is 5.73 Å². The maximum absolute atomic E-state index is 13.6. The van der Waals surface area contributed by atoms with Gasteiger partial charge in [-0.25, -0.2) is 8.78 Å². The lowest BCUT2D eigenvalue weighted by molar-refractivity contribution is 0.338. The van der Waals surface area contributed by atoms with Gasteiger partial charge >= 0.3 is 0 Å². The highest BCUT2D eigenvalue weighted by Gasteiger charge is 2.26. The minimum atomic E-state index is -1.34. The van der Waals surface area contributed by atoms with E-state index in [0.29, 0.717) is 0 Å². The van der Waals surface area contributed by atoms with Crippen LogP contribution in [0.15, 0.2) is 6.07 Å². The van der Waals surface area contributed by atoms with Gasteiger partial charge in [0.05, 0.1) is 7.11 Å². The van der Waals surface area contributed by atoms with Crippen LogP contribution in [0.1, 0.15) is 19.4 Å². The standard InChI is InChI=1S/C10H12F3NO/c1-10(2,14)5-4-6(11)8(13)9(15-3)7(5)12/h4H,14H2,1-3H3. The Kier molecular flexibility index (Phi) is 2.95. The van der Waals surface area contributed by atoms with E-state index >= 15 is 0 Å². The molecule has 0 aliphatic carbocycles. The quantitative estimate of drug-likeness (QED) is 0.774. The van der Waals surface area contributed by atoms with Crippen molar-refractivity contribution >= 4 is 0 Å². The average molecular weight is 219 g/mol. The zero-order valence-corrected chi connectivity index (χ0v) is 8.70. The fourth-order valence-electron chi connectivity index (χ4n) is 1.23. The van der Waals surface area contributed by atoms with Crippen molar-refractivity contribution in [2.45, 2.75) is 19.4 Å². The molecule has 0 fully saturated rings. The molecule has 0 aliphatic rings. The van der Waals surface area contributed by atoms with Gasteiger partial charge in [0.1, 0.15) is 0 Å². The molecule has 1 aromatic carbocycles. The van der Waals surface area contributed by atoms with Crippen LogP contribution in [0.3, 0.4) is 0 Å². The van der Waals surface area contributed by atoms with Gasteiger partial charge < -0.3 is 10.5 Å². The Morgan fingerprint density at radius 2 is 1.73 bits per heavy atom. The Hall–Kier alpha value is -1.23. The summed E-state index contributed by atoms with van der Waals surface area (Å²) in [4.78, 5) is 0. The molecule has 0 atom stereocenters. The summed E-state index contributed by atoms with van der Waals surface area (Å²) < 4.78 is 44.2. The number of hydrogen-bond acceptors (Lipinski definition) is 2.